The second kappa shape index (κ2) is 23.4. The van der Waals surface area contributed by atoms with Crippen LogP contribution in [0, 0.1) is 49.4 Å². The summed E-state index contributed by atoms with van der Waals surface area (Å²) in [4.78, 5) is 4.56. The maximum Gasteiger partial charge on any atom is 3.00 e. The maximum atomic E-state index is 11.7. The Bertz CT molecular complexity index is 1930. The van der Waals surface area contributed by atoms with E-state index >= 15 is 0 Å². The average Bonchev–Trinajstić information content (AvgIpc) is 3.72. The van der Waals surface area contributed by atoms with Crippen LogP contribution in [-0.4, -0.2) is 55.4 Å². The van der Waals surface area contributed by atoms with Crippen molar-refractivity contribution in [3.8, 4) is 22.6 Å². The number of benzene rings is 4. The Morgan fingerprint density at radius 3 is 1.13 bits per heavy atom. The summed E-state index contributed by atoms with van der Waals surface area (Å²) in [6, 6.07) is 21.8. The van der Waals surface area contributed by atoms with Gasteiger partial charge >= 0.3 is 35.6 Å². The molecule has 9 heteroatoms. The van der Waals surface area contributed by atoms with Gasteiger partial charge in [-0.3, -0.25) is 0 Å². The van der Waals surface area contributed by atoms with Crippen molar-refractivity contribution in [3.05, 3.63) is 110 Å². The van der Waals surface area contributed by atoms with Gasteiger partial charge < -0.3 is 29.4 Å². The standard InChI is InChI=1S/C46H64N2O2.C4H12NSi2.C4H8O.La/c1-29-19-17-21-37(47(15)27-31-23-33(43(3,4)5)25-35(41(31)49)45(9,10)11)39(29)40-30(2)20-18-22-38(40)48(16)28-32-24-34(44(6,7)8)26-36(42(32)50)46(12,13)14;1-6(2)5-7(3)4;1-2-4-5-3-1;/h17-26,49-50H,27-28H2,1-16H3;1-4H3;1-4H2;/q;-1;;+3. The first-order valence-electron chi connectivity index (χ1n) is 22.7. The van der Waals surface area contributed by atoms with Gasteiger partial charge in [-0.2, -0.15) is 0 Å². The zero-order chi connectivity index (χ0) is 47.1. The molecule has 0 saturated carbocycles. The molecule has 4 aromatic rings. The van der Waals surface area contributed by atoms with E-state index in [9.17, 15) is 10.2 Å². The van der Waals surface area contributed by atoms with E-state index in [1.54, 1.807) is 0 Å². The molecule has 1 saturated heterocycles. The minimum absolute atomic E-state index is 0. The van der Waals surface area contributed by atoms with Gasteiger partial charge in [-0.05, 0) is 106 Å². The van der Waals surface area contributed by atoms with Crippen molar-refractivity contribution in [1.29, 1.82) is 0 Å². The summed E-state index contributed by atoms with van der Waals surface area (Å²) >= 11 is 0. The Morgan fingerprint density at radius 1 is 0.556 bits per heavy atom. The van der Waals surface area contributed by atoms with Crippen LogP contribution in [-0.2, 0) is 39.5 Å². The summed E-state index contributed by atoms with van der Waals surface area (Å²) in [6.07, 6.45) is 2.56. The Balaban J connectivity index is 0.000000911. The summed E-state index contributed by atoms with van der Waals surface area (Å²) in [7, 11) is 3.73. The maximum absolute atomic E-state index is 11.7. The van der Waals surface area contributed by atoms with Crippen molar-refractivity contribution in [3.63, 3.8) is 0 Å². The molecular weight excluding hydrogens is 934 g/mol. The summed E-state index contributed by atoms with van der Waals surface area (Å²) in [5.74, 6) is 0.768. The van der Waals surface area contributed by atoms with Crippen LogP contribution in [0.25, 0.3) is 15.8 Å². The molecule has 1 aliphatic rings. The number of aryl methyl sites for hydroxylation is 2. The first-order valence-corrected chi connectivity index (χ1v) is 27.6. The molecule has 2 N–H and O–H groups in total. The van der Waals surface area contributed by atoms with Crippen LogP contribution in [0.3, 0.4) is 0 Å². The van der Waals surface area contributed by atoms with Gasteiger partial charge in [0, 0.05) is 74.0 Å². The number of nitrogens with zero attached hydrogens (tertiary/aromatic N) is 3. The molecule has 1 aliphatic heterocycles. The monoisotopic (exact) mass is 1020 g/mol. The van der Waals surface area contributed by atoms with E-state index in [0.717, 1.165) is 46.8 Å². The molecule has 2 radical (unpaired) electrons. The molecule has 0 aliphatic carbocycles. The van der Waals surface area contributed by atoms with Crippen LogP contribution < -0.4 is 9.80 Å². The van der Waals surface area contributed by atoms with Gasteiger partial charge in [-0.1, -0.05) is 164 Å². The number of hydrogen-bond donors (Lipinski definition) is 2. The number of ether oxygens (including phenoxy) is 1. The van der Waals surface area contributed by atoms with Crippen molar-refractivity contribution >= 4 is 29.3 Å². The number of phenolic OH excluding ortho intramolecular Hbond substituents is 2. The fourth-order valence-electron chi connectivity index (χ4n) is 7.87. The van der Waals surface area contributed by atoms with E-state index in [1.807, 2.05) is 0 Å². The van der Waals surface area contributed by atoms with Crippen molar-refractivity contribution in [2.24, 2.45) is 0 Å². The molecule has 0 amide bonds. The fraction of sp³-hybridized carbons (Fsp3) is 0.556. The van der Waals surface area contributed by atoms with Crippen LogP contribution in [0.2, 0.25) is 26.2 Å². The van der Waals surface area contributed by atoms with Crippen molar-refractivity contribution < 1.29 is 50.5 Å². The first kappa shape index (κ1) is 56.8. The zero-order valence-corrected chi connectivity index (χ0v) is 48.9. The van der Waals surface area contributed by atoms with Gasteiger partial charge in [0.15, 0.2) is 0 Å². The van der Waals surface area contributed by atoms with Crippen LogP contribution >= 0.6 is 0 Å². The number of aromatic hydroxyl groups is 2. The molecule has 0 bridgehead atoms. The minimum atomic E-state index is -0.264. The smallest absolute Gasteiger partial charge is 0.673 e. The van der Waals surface area contributed by atoms with E-state index in [-0.39, 0.29) is 75.2 Å². The average molecular weight is 1020 g/mol. The number of rotatable bonds is 9. The normalized spacial score (nSPS) is 13.2. The molecular formula is C54H84LaN3O3Si2+2. The van der Waals surface area contributed by atoms with Gasteiger partial charge in [0.2, 0.25) is 0 Å². The zero-order valence-electron chi connectivity index (χ0n) is 43.2. The SMILES string of the molecule is C1CCOC1.C[Si](C)[N-][Si](C)C.Cc1cccc(N(C)Cc2cc(C(C)(C)C)cc(C(C)(C)C)c2O)c1-c1c(C)cccc1N(C)Cc1cc(C(C)(C)C)cc(C(C)(C)C)c1O.[La+3]. The second-order valence-corrected chi connectivity index (χ2v) is 26.7. The number of anilines is 2. The molecule has 1 heterocycles. The van der Waals surface area contributed by atoms with Crippen LogP contribution in [0.4, 0.5) is 11.4 Å². The van der Waals surface area contributed by atoms with E-state index in [2.05, 4.69) is 212 Å². The molecule has 0 unspecified atom stereocenters. The number of phenols is 2. The predicted molar refractivity (Wildman–Crippen MR) is 275 cm³/mol. The molecule has 0 aromatic heterocycles. The molecule has 342 valence electrons. The van der Waals surface area contributed by atoms with E-state index in [0.29, 0.717) is 24.6 Å². The van der Waals surface area contributed by atoms with Crippen molar-refractivity contribution in [1.82, 2.24) is 0 Å². The largest absolute Gasteiger partial charge is 3.00 e. The molecule has 0 atom stereocenters. The van der Waals surface area contributed by atoms with E-state index < -0.39 is 0 Å². The molecule has 1 fully saturated rings. The molecule has 63 heavy (non-hydrogen) atoms. The fourth-order valence-corrected chi connectivity index (χ4v) is 11.4. The summed E-state index contributed by atoms with van der Waals surface area (Å²) in [5, 5.41) is 23.3. The van der Waals surface area contributed by atoms with Crippen LogP contribution in [0.15, 0.2) is 60.7 Å². The van der Waals surface area contributed by atoms with Gasteiger partial charge in [-0.25, -0.2) is 0 Å². The van der Waals surface area contributed by atoms with Gasteiger partial charge in [0.1, 0.15) is 11.5 Å². The van der Waals surface area contributed by atoms with E-state index in [4.69, 9.17) is 4.74 Å². The van der Waals surface area contributed by atoms with Crippen LogP contribution in [0.5, 0.6) is 11.5 Å². The topological polar surface area (TPSA) is 70.3 Å². The second-order valence-electron chi connectivity index (χ2n) is 22.0. The minimum Gasteiger partial charge on any atom is -0.673 e. The van der Waals surface area contributed by atoms with Gasteiger partial charge in [-0.15, -0.1) is 0 Å². The predicted octanol–water partition coefficient (Wildman–Crippen LogP) is 14.5. The summed E-state index contributed by atoms with van der Waals surface area (Å²) in [6.45, 7) is 42.8. The van der Waals surface area contributed by atoms with Crippen molar-refractivity contribution in [2.45, 2.75) is 171 Å². The Labute approximate surface area is 417 Å². The molecule has 6 nitrogen and oxygen atoms in total. The number of hydrogen-bond acceptors (Lipinski definition) is 5. The quantitative estimate of drug-likeness (QED) is 0.164. The molecule has 4 aromatic carbocycles. The Kier molecular flexibility index (Phi) is 21.1. The van der Waals surface area contributed by atoms with Crippen LogP contribution in [0.1, 0.15) is 140 Å². The third-order valence-electron chi connectivity index (χ3n) is 11.4. The third kappa shape index (κ3) is 16.2. The van der Waals surface area contributed by atoms with E-state index in [1.165, 1.54) is 46.2 Å². The molecule has 0 spiro atoms. The summed E-state index contributed by atoms with van der Waals surface area (Å²) in [5.41, 5.74) is 12.8. The molecule has 5 rings (SSSR count). The third-order valence-corrected chi connectivity index (χ3v) is 15.0. The van der Waals surface area contributed by atoms with Gasteiger partial charge in [0.05, 0.1) is 0 Å². The Morgan fingerprint density at radius 2 is 0.889 bits per heavy atom. The summed E-state index contributed by atoms with van der Waals surface area (Å²) < 4.78 is 9.43. The Hall–Kier alpha value is -2.37. The van der Waals surface area contributed by atoms with Crippen molar-refractivity contribution in [2.75, 3.05) is 37.1 Å². The first-order chi connectivity index (χ1) is 28.4. The van der Waals surface area contributed by atoms with Gasteiger partial charge in [0.25, 0.3) is 0 Å².